The van der Waals surface area contributed by atoms with Crippen molar-refractivity contribution in [3.8, 4) is 11.8 Å². The minimum absolute atomic E-state index is 0.107. The van der Waals surface area contributed by atoms with Crippen molar-refractivity contribution in [1.29, 1.82) is 5.26 Å². The molecule has 0 saturated heterocycles. The molecule has 0 aliphatic rings. The summed E-state index contributed by atoms with van der Waals surface area (Å²) in [6.07, 6.45) is -3.07. The van der Waals surface area contributed by atoms with Gasteiger partial charge in [0.25, 0.3) is 12.0 Å². The molecular formula is C23H17ClF2N8O2. The maximum Gasteiger partial charge on any atom is 0.281 e. The lowest BCUT2D eigenvalue weighted by molar-refractivity contribution is 0.1000. The summed E-state index contributed by atoms with van der Waals surface area (Å²) in [7, 11) is 0. The molecule has 0 fully saturated rings. The second-order valence-corrected chi connectivity index (χ2v) is 8.04. The number of fused-ring (bicyclic) bond motifs is 1. The average molecular weight is 511 g/mol. The first-order valence-electron chi connectivity index (χ1n) is 10.4. The van der Waals surface area contributed by atoms with Gasteiger partial charge in [-0.1, -0.05) is 23.7 Å². The molecule has 4 rings (SSSR count). The third-order valence-electron chi connectivity index (χ3n) is 5.27. The van der Waals surface area contributed by atoms with Crippen LogP contribution in [0.5, 0.6) is 0 Å². The summed E-state index contributed by atoms with van der Waals surface area (Å²) in [5, 5.41) is 12.6. The molecule has 0 saturated carbocycles. The number of alkyl halides is 2. The van der Waals surface area contributed by atoms with E-state index in [4.69, 9.17) is 23.1 Å². The van der Waals surface area contributed by atoms with Crippen molar-refractivity contribution in [2.45, 2.75) is 19.4 Å². The Morgan fingerprint density at radius 3 is 2.58 bits per heavy atom. The highest BCUT2D eigenvalue weighted by atomic mass is 35.5. The highest BCUT2D eigenvalue weighted by molar-refractivity contribution is 6.35. The standard InChI is InChI=1S/C23H17ClF2N8O2/c1-10(30-20-13(9-27)17(18(25)26)32-23(29)33-20)21-31-15-7-3-6-14(24)16(15)22(36)34(21)12-5-2-4-11(8-12)19(28)35/h2-8,10,18H,1H3,(H2,28,35)(H3,29,30,32,33). The molecule has 0 aliphatic heterocycles. The van der Waals surface area contributed by atoms with Crippen LogP contribution in [-0.2, 0) is 0 Å². The summed E-state index contributed by atoms with van der Waals surface area (Å²) in [4.78, 5) is 37.3. The summed E-state index contributed by atoms with van der Waals surface area (Å²) >= 11 is 6.29. The molecule has 2 aromatic carbocycles. The molecule has 36 heavy (non-hydrogen) atoms. The smallest absolute Gasteiger partial charge is 0.281 e. The maximum absolute atomic E-state index is 13.6. The van der Waals surface area contributed by atoms with Crippen LogP contribution >= 0.6 is 11.6 Å². The number of carbonyl (C=O) groups is 1. The van der Waals surface area contributed by atoms with Crippen LogP contribution < -0.4 is 22.3 Å². The largest absolute Gasteiger partial charge is 0.368 e. The molecule has 1 atom stereocenters. The molecule has 0 bridgehead atoms. The summed E-state index contributed by atoms with van der Waals surface area (Å²) in [6.45, 7) is 1.58. The highest BCUT2D eigenvalue weighted by Gasteiger charge is 2.25. The van der Waals surface area contributed by atoms with E-state index in [1.165, 1.54) is 28.8 Å². The predicted molar refractivity (Wildman–Crippen MR) is 129 cm³/mol. The topological polar surface area (TPSA) is 166 Å². The minimum Gasteiger partial charge on any atom is -0.368 e. The molecule has 2 heterocycles. The van der Waals surface area contributed by atoms with Crippen molar-refractivity contribution in [3.05, 3.63) is 80.5 Å². The zero-order chi connectivity index (χ0) is 26.1. The Hall–Kier alpha value is -4.63. The fourth-order valence-electron chi connectivity index (χ4n) is 3.68. The molecule has 182 valence electrons. The Labute approximate surface area is 207 Å². The number of nitriles is 1. The number of hydrogen-bond donors (Lipinski definition) is 3. The predicted octanol–water partition coefficient (Wildman–Crippen LogP) is 3.49. The van der Waals surface area contributed by atoms with Crippen molar-refractivity contribution in [2.75, 3.05) is 11.1 Å². The maximum atomic E-state index is 13.6. The second-order valence-electron chi connectivity index (χ2n) is 7.63. The zero-order valence-corrected chi connectivity index (χ0v) is 19.3. The van der Waals surface area contributed by atoms with Crippen molar-refractivity contribution < 1.29 is 13.6 Å². The van der Waals surface area contributed by atoms with E-state index < -0.39 is 41.1 Å². The molecule has 0 radical (unpaired) electrons. The Morgan fingerprint density at radius 1 is 1.19 bits per heavy atom. The number of nitrogens with zero attached hydrogens (tertiary/aromatic N) is 5. The van der Waals surface area contributed by atoms with Crippen molar-refractivity contribution in [1.82, 2.24) is 19.5 Å². The normalized spacial score (nSPS) is 11.9. The molecule has 0 spiro atoms. The molecule has 13 heteroatoms. The van der Waals surface area contributed by atoms with Crippen LogP contribution in [0.25, 0.3) is 16.6 Å². The number of carbonyl (C=O) groups excluding carboxylic acids is 1. The van der Waals surface area contributed by atoms with Crippen LogP contribution in [0, 0.1) is 11.3 Å². The third-order valence-corrected chi connectivity index (χ3v) is 5.59. The molecule has 1 unspecified atom stereocenters. The number of aromatic nitrogens is 4. The average Bonchev–Trinajstić information content (AvgIpc) is 2.83. The van der Waals surface area contributed by atoms with Crippen LogP contribution in [-0.4, -0.2) is 25.4 Å². The van der Waals surface area contributed by atoms with Crippen molar-refractivity contribution >= 4 is 40.2 Å². The van der Waals surface area contributed by atoms with Gasteiger partial charge < -0.3 is 16.8 Å². The lowest BCUT2D eigenvalue weighted by Gasteiger charge is -2.21. The molecule has 10 nitrogen and oxygen atoms in total. The van der Waals surface area contributed by atoms with Gasteiger partial charge in [-0.3, -0.25) is 14.2 Å². The molecule has 2 aromatic heterocycles. The van der Waals surface area contributed by atoms with Crippen LogP contribution in [0.3, 0.4) is 0 Å². The fourth-order valence-corrected chi connectivity index (χ4v) is 3.93. The van der Waals surface area contributed by atoms with Crippen LogP contribution in [0.2, 0.25) is 5.02 Å². The van der Waals surface area contributed by atoms with E-state index in [2.05, 4.69) is 20.3 Å². The zero-order valence-electron chi connectivity index (χ0n) is 18.5. The Balaban J connectivity index is 1.96. The number of nitrogens with two attached hydrogens (primary N) is 2. The van der Waals surface area contributed by atoms with Gasteiger partial charge in [0, 0.05) is 5.56 Å². The second kappa shape index (κ2) is 9.55. The van der Waals surface area contributed by atoms with E-state index in [1.54, 1.807) is 31.2 Å². The van der Waals surface area contributed by atoms with Crippen LogP contribution in [0.1, 0.15) is 46.8 Å². The summed E-state index contributed by atoms with van der Waals surface area (Å²) in [5.74, 6) is -1.33. The first kappa shape index (κ1) is 24.5. The van der Waals surface area contributed by atoms with Gasteiger partial charge in [0.05, 0.1) is 27.7 Å². The lowest BCUT2D eigenvalue weighted by atomic mass is 10.1. The molecule has 0 aliphatic carbocycles. The molecular weight excluding hydrogens is 494 g/mol. The van der Waals surface area contributed by atoms with E-state index in [1.807, 2.05) is 0 Å². The summed E-state index contributed by atoms with van der Waals surface area (Å²) in [6, 6.07) is 11.5. The summed E-state index contributed by atoms with van der Waals surface area (Å²) in [5.41, 5.74) is 9.78. The van der Waals surface area contributed by atoms with E-state index in [0.717, 1.165) is 0 Å². The van der Waals surface area contributed by atoms with Gasteiger partial charge in [-0.15, -0.1) is 0 Å². The minimum atomic E-state index is -3.07. The quantitative estimate of drug-likeness (QED) is 0.354. The Morgan fingerprint density at radius 2 is 1.92 bits per heavy atom. The number of nitrogen functional groups attached to an aromatic ring is 1. The van der Waals surface area contributed by atoms with Crippen molar-refractivity contribution in [2.24, 2.45) is 5.73 Å². The molecule has 4 aromatic rings. The number of benzene rings is 2. The van der Waals surface area contributed by atoms with Gasteiger partial charge in [-0.2, -0.15) is 10.2 Å². The summed E-state index contributed by atoms with van der Waals surface area (Å²) < 4.78 is 28.1. The third kappa shape index (κ3) is 4.39. The van der Waals surface area contributed by atoms with E-state index >= 15 is 0 Å². The van der Waals surface area contributed by atoms with Gasteiger partial charge in [0.2, 0.25) is 11.9 Å². The van der Waals surface area contributed by atoms with Gasteiger partial charge >= 0.3 is 0 Å². The number of nitrogens with one attached hydrogen (secondary N) is 1. The van der Waals surface area contributed by atoms with Crippen LogP contribution in [0.15, 0.2) is 47.3 Å². The van der Waals surface area contributed by atoms with Gasteiger partial charge in [0.1, 0.15) is 23.2 Å². The lowest BCUT2D eigenvalue weighted by Crippen LogP contribution is -2.28. The van der Waals surface area contributed by atoms with Gasteiger partial charge in [-0.25, -0.2) is 18.7 Å². The van der Waals surface area contributed by atoms with Crippen LogP contribution in [0.4, 0.5) is 20.5 Å². The van der Waals surface area contributed by atoms with Crippen molar-refractivity contribution in [3.63, 3.8) is 0 Å². The number of halogens is 3. The Kier molecular flexibility index (Phi) is 6.50. The number of amides is 1. The van der Waals surface area contributed by atoms with Gasteiger partial charge in [-0.05, 0) is 37.3 Å². The first-order chi connectivity index (χ1) is 17.1. The number of rotatable bonds is 6. The number of hydrogen-bond acceptors (Lipinski definition) is 8. The number of anilines is 2. The van der Waals surface area contributed by atoms with Gasteiger partial charge in [0.15, 0.2) is 5.82 Å². The first-order valence-corrected chi connectivity index (χ1v) is 10.7. The van der Waals surface area contributed by atoms with E-state index in [9.17, 15) is 23.6 Å². The Bertz CT molecular complexity index is 1620. The number of primary amides is 1. The monoisotopic (exact) mass is 510 g/mol. The fraction of sp³-hybridized carbons (Fsp3) is 0.130. The van der Waals surface area contributed by atoms with E-state index in [0.29, 0.717) is 0 Å². The SMILES string of the molecule is CC(Nc1nc(N)nc(C(F)F)c1C#N)c1nc2cccc(Cl)c2c(=O)n1-c1cccc(C(N)=O)c1. The molecule has 5 N–H and O–H groups in total. The van der Waals surface area contributed by atoms with E-state index in [-0.39, 0.29) is 38.8 Å². The highest BCUT2D eigenvalue weighted by Crippen LogP contribution is 2.29. The molecule has 1 amide bonds.